The van der Waals surface area contributed by atoms with Crippen LogP contribution in [0.3, 0.4) is 0 Å². The van der Waals surface area contributed by atoms with E-state index in [0.717, 1.165) is 24.4 Å². The van der Waals surface area contributed by atoms with Crippen LogP contribution in [0, 0.1) is 0 Å². The molecule has 0 aromatic heterocycles. The van der Waals surface area contributed by atoms with Crippen LogP contribution in [0.4, 0.5) is 0 Å². The zero-order valence-electron chi connectivity index (χ0n) is 12.5. The van der Waals surface area contributed by atoms with Crippen molar-refractivity contribution in [2.45, 2.75) is 17.5 Å². The van der Waals surface area contributed by atoms with Gasteiger partial charge in [0.15, 0.2) is 0 Å². The number of benzene rings is 1. The summed E-state index contributed by atoms with van der Waals surface area (Å²) < 4.78 is 5.28. The van der Waals surface area contributed by atoms with Crippen molar-refractivity contribution in [3.63, 3.8) is 0 Å². The van der Waals surface area contributed by atoms with E-state index in [4.69, 9.17) is 4.74 Å². The van der Waals surface area contributed by atoms with Gasteiger partial charge in [0, 0.05) is 13.1 Å². The molecular formula is C15H22N2O2S. The molecule has 0 unspecified atom stereocenters. The number of hydrogen-bond acceptors (Lipinski definition) is 4. The average Bonchev–Trinajstić information content (AvgIpc) is 2.72. The highest BCUT2D eigenvalue weighted by molar-refractivity contribution is 8.01. The Hall–Kier alpha value is -1.20. The molecule has 0 spiro atoms. The Morgan fingerprint density at radius 3 is 2.80 bits per heavy atom. The van der Waals surface area contributed by atoms with Gasteiger partial charge in [0.2, 0.25) is 5.91 Å². The molecule has 0 bridgehead atoms. The highest BCUT2D eigenvalue weighted by atomic mass is 32.2. The number of carbonyl (C=O) groups excluding carboxylic acids is 1. The molecule has 1 aliphatic rings. The summed E-state index contributed by atoms with van der Waals surface area (Å²) in [5.41, 5.74) is 1.13. The summed E-state index contributed by atoms with van der Waals surface area (Å²) in [6.45, 7) is 3.61. The largest absolute Gasteiger partial charge is 0.497 e. The van der Waals surface area contributed by atoms with Gasteiger partial charge in [-0.2, -0.15) is 0 Å². The number of likely N-dealkylation sites (N-methyl/N-ethyl adjacent to an activating group) is 1. The fourth-order valence-corrected chi connectivity index (χ4v) is 3.56. The summed E-state index contributed by atoms with van der Waals surface area (Å²) in [7, 11) is 5.72. The Morgan fingerprint density at radius 1 is 1.40 bits per heavy atom. The van der Waals surface area contributed by atoms with Gasteiger partial charge in [0.25, 0.3) is 0 Å². The average molecular weight is 294 g/mol. The van der Waals surface area contributed by atoms with Crippen molar-refractivity contribution in [3.05, 3.63) is 29.8 Å². The predicted molar refractivity (Wildman–Crippen MR) is 83.1 cm³/mol. The normalized spacial score (nSPS) is 22.6. The second kappa shape index (κ2) is 6.50. The van der Waals surface area contributed by atoms with E-state index in [9.17, 15) is 4.79 Å². The van der Waals surface area contributed by atoms with Crippen LogP contribution in [0.15, 0.2) is 24.3 Å². The van der Waals surface area contributed by atoms with Crippen molar-refractivity contribution in [2.75, 3.05) is 34.3 Å². The molecule has 1 aromatic rings. The van der Waals surface area contributed by atoms with Gasteiger partial charge in [-0.15, -0.1) is 11.8 Å². The number of methoxy groups -OCH3 is 1. The molecule has 2 rings (SSSR count). The third-order valence-electron chi connectivity index (χ3n) is 3.41. The zero-order chi connectivity index (χ0) is 14.7. The quantitative estimate of drug-likeness (QED) is 0.833. The fourth-order valence-electron chi connectivity index (χ4n) is 2.26. The van der Waals surface area contributed by atoms with Crippen LogP contribution >= 0.6 is 11.8 Å². The fraction of sp³-hybridized carbons (Fsp3) is 0.533. The van der Waals surface area contributed by atoms with Gasteiger partial charge in [0.05, 0.1) is 12.4 Å². The molecule has 1 amide bonds. The van der Waals surface area contributed by atoms with Gasteiger partial charge in [-0.3, -0.25) is 4.79 Å². The minimum Gasteiger partial charge on any atom is -0.497 e. The Morgan fingerprint density at radius 2 is 2.15 bits per heavy atom. The molecule has 1 aromatic carbocycles. The maximum Gasteiger partial charge on any atom is 0.236 e. The molecule has 20 heavy (non-hydrogen) atoms. The van der Waals surface area contributed by atoms with E-state index in [1.54, 1.807) is 18.9 Å². The lowest BCUT2D eigenvalue weighted by Crippen LogP contribution is -2.36. The van der Waals surface area contributed by atoms with E-state index in [-0.39, 0.29) is 16.5 Å². The van der Waals surface area contributed by atoms with Gasteiger partial charge >= 0.3 is 0 Å². The third kappa shape index (κ3) is 3.27. The van der Waals surface area contributed by atoms with Crippen molar-refractivity contribution in [2.24, 2.45) is 0 Å². The zero-order valence-corrected chi connectivity index (χ0v) is 13.3. The maximum absolute atomic E-state index is 12.3. The third-order valence-corrected chi connectivity index (χ3v) is 4.81. The number of nitrogens with zero attached hydrogens (tertiary/aromatic N) is 2. The second-order valence-corrected chi connectivity index (χ2v) is 6.67. The lowest BCUT2D eigenvalue weighted by atomic mass is 10.2. The number of ether oxygens (including phenoxy) is 1. The molecule has 0 aliphatic carbocycles. The maximum atomic E-state index is 12.3. The molecule has 2 atom stereocenters. The Labute approximate surface area is 125 Å². The summed E-state index contributed by atoms with van der Waals surface area (Å²) in [5.74, 6) is 1.06. The number of carbonyl (C=O) groups is 1. The van der Waals surface area contributed by atoms with E-state index in [2.05, 4.69) is 11.0 Å². The van der Waals surface area contributed by atoms with Crippen molar-refractivity contribution in [1.29, 1.82) is 0 Å². The van der Waals surface area contributed by atoms with Gasteiger partial charge < -0.3 is 14.5 Å². The van der Waals surface area contributed by atoms with Crippen LogP contribution in [-0.2, 0) is 4.79 Å². The Kier molecular flexibility index (Phi) is 4.94. The summed E-state index contributed by atoms with van der Waals surface area (Å²) in [4.78, 5) is 16.4. The first-order valence-corrected chi connectivity index (χ1v) is 7.72. The Balaban J connectivity index is 2.20. The topological polar surface area (TPSA) is 32.8 Å². The molecule has 1 aliphatic heterocycles. The highest BCUT2D eigenvalue weighted by Crippen LogP contribution is 2.43. The molecule has 5 heteroatoms. The summed E-state index contributed by atoms with van der Waals surface area (Å²) >= 11 is 1.71. The molecule has 1 fully saturated rings. The number of amides is 1. The SMILES string of the molecule is COc1cccc([C@H]2S[C@H](C)C(=O)N2CCN(C)C)c1. The minimum absolute atomic E-state index is 0.0216. The smallest absolute Gasteiger partial charge is 0.236 e. The standard InChI is InChI=1S/C15H22N2O2S/c1-11-14(18)17(9-8-16(2)3)15(20-11)12-6-5-7-13(10-12)19-4/h5-7,10-11,15H,8-9H2,1-4H3/t11-,15-/m1/s1. The predicted octanol–water partition coefficient (Wildman–Crippen LogP) is 2.22. The van der Waals surface area contributed by atoms with Crippen LogP contribution < -0.4 is 4.74 Å². The molecule has 1 saturated heterocycles. The molecule has 0 saturated carbocycles. The first kappa shape index (κ1) is 15.2. The van der Waals surface area contributed by atoms with Gasteiger partial charge in [-0.1, -0.05) is 12.1 Å². The van der Waals surface area contributed by atoms with Crippen LogP contribution in [0.1, 0.15) is 17.9 Å². The van der Waals surface area contributed by atoms with E-state index in [1.807, 2.05) is 44.1 Å². The van der Waals surface area contributed by atoms with E-state index in [0.29, 0.717) is 0 Å². The number of hydrogen-bond donors (Lipinski definition) is 0. The van der Waals surface area contributed by atoms with E-state index in [1.165, 1.54) is 0 Å². The van der Waals surface area contributed by atoms with Gasteiger partial charge in [-0.25, -0.2) is 0 Å². The van der Waals surface area contributed by atoms with Crippen LogP contribution in [0.2, 0.25) is 0 Å². The van der Waals surface area contributed by atoms with E-state index < -0.39 is 0 Å². The number of thioether (sulfide) groups is 1. The van der Waals surface area contributed by atoms with Crippen LogP contribution in [-0.4, -0.2) is 55.3 Å². The van der Waals surface area contributed by atoms with E-state index >= 15 is 0 Å². The molecule has 1 heterocycles. The summed E-state index contributed by atoms with van der Waals surface area (Å²) in [6, 6.07) is 7.99. The molecule has 110 valence electrons. The van der Waals surface area contributed by atoms with Crippen molar-refractivity contribution < 1.29 is 9.53 Å². The molecule has 0 N–H and O–H groups in total. The summed E-state index contributed by atoms with van der Waals surface area (Å²) in [5, 5.41) is 0.112. The van der Waals surface area contributed by atoms with Gasteiger partial charge in [-0.05, 0) is 38.7 Å². The van der Waals surface area contributed by atoms with Crippen molar-refractivity contribution in [3.8, 4) is 5.75 Å². The van der Waals surface area contributed by atoms with Crippen LogP contribution in [0.5, 0.6) is 5.75 Å². The van der Waals surface area contributed by atoms with Crippen molar-refractivity contribution in [1.82, 2.24) is 9.80 Å². The first-order chi connectivity index (χ1) is 9.52. The minimum atomic E-state index is 0.0216. The molecule has 0 radical (unpaired) electrons. The highest BCUT2D eigenvalue weighted by Gasteiger charge is 2.38. The van der Waals surface area contributed by atoms with Crippen LogP contribution in [0.25, 0.3) is 0 Å². The van der Waals surface area contributed by atoms with Crippen molar-refractivity contribution >= 4 is 17.7 Å². The summed E-state index contributed by atoms with van der Waals surface area (Å²) in [6.07, 6.45) is 0. The Bertz CT molecular complexity index is 479. The molecule has 4 nitrogen and oxygen atoms in total. The monoisotopic (exact) mass is 294 g/mol. The lowest BCUT2D eigenvalue weighted by molar-refractivity contribution is -0.129. The van der Waals surface area contributed by atoms with Gasteiger partial charge in [0.1, 0.15) is 11.1 Å². The second-order valence-electron chi connectivity index (χ2n) is 5.24. The first-order valence-electron chi connectivity index (χ1n) is 6.77. The molecular weight excluding hydrogens is 272 g/mol. The lowest BCUT2D eigenvalue weighted by Gasteiger charge is -2.25. The number of rotatable bonds is 5.